The number of methoxy groups -OCH3 is 1. The molecule has 1 aromatic rings. The molecule has 0 fully saturated rings. The number of hydrogen-bond acceptors (Lipinski definition) is 2. The van der Waals surface area contributed by atoms with Crippen LogP contribution < -0.4 is 4.74 Å². The summed E-state index contributed by atoms with van der Waals surface area (Å²) in [5.74, 6) is 0.859. The van der Waals surface area contributed by atoms with Crippen molar-refractivity contribution in [3.05, 3.63) is 36.9 Å². The first-order valence-electron chi connectivity index (χ1n) is 3.36. The van der Waals surface area contributed by atoms with Crippen LogP contribution >= 0.6 is 0 Å². The van der Waals surface area contributed by atoms with E-state index in [0.29, 0.717) is 6.61 Å². The summed E-state index contributed by atoms with van der Waals surface area (Å²) in [5, 5.41) is 0. The van der Waals surface area contributed by atoms with Gasteiger partial charge in [-0.2, -0.15) is 0 Å². The van der Waals surface area contributed by atoms with Gasteiger partial charge in [-0.3, -0.25) is 0 Å². The standard InChI is InChI=1S/C9H11O2/c1-10-7-8-3-5-9(11-2)6-4-8/h3-6H,1,7H2,2H3. The van der Waals surface area contributed by atoms with Crippen LogP contribution in [-0.4, -0.2) is 7.11 Å². The van der Waals surface area contributed by atoms with Crippen LogP contribution in [0.4, 0.5) is 0 Å². The Morgan fingerprint density at radius 3 is 2.36 bits per heavy atom. The van der Waals surface area contributed by atoms with Crippen molar-refractivity contribution in [1.29, 1.82) is 0 Å². The Bertz CT molecular complexity index is 203. The Labute approximate surface area is 66.8 Å². The van der Waals surface area contributed by atoms with Crippen molar-refractivity contribution in [3.63, 3.8) is 0 Å². The lowest BCUT2D eigenvalue weighted by Crippen LogP contribution is -1.86. The van der Waals surface area contributed by atoms with Crippen molar-refractivity contribution in [3.8, 4) is 5.75 Å². The molecule has 0 N–H and O–H groups in total. The molecule has 11 heavy (non-hydrogen) atoms. The van der Waals surface area contributed by atoms with Gasteiger partial charge in [0.25, 0.3) is 0 Å². The highest BCUT2D eigenvalue weighted by atomic mass is 16.5. The van der Waals surface area contributed by atoms with Gasteiger partial charge in [0.1, 0.15) is 5.75 Å². The minimum atomic E-state index is 0.546. The van der Waals surface area contributed by atoms with Gasteiger partial charge >= 0.3 is 0 Å². The van der Waals surface area contributed by atoms with Crippen LogP contribution in [0.1, 0.15) is 5.56 Å². The lowest BCUT2D eigenvalue weighted by Gasteiger charge is -2.01. The Morgan fingerprint density at radius 1 is 1.27 bits per heavy atom. The average molecular weight is 151 g/mol. The Balaban J connectivity index is 2.66. The molecule has 0 aromatic heterocycles. The van der Waals surface area contributed by atoms with E-state index in [1.165, 1.54) is 0 Å². The van der Waals surface area contributed by atoms with Crippen molar-refractivity contribution in [2.24, 2.45) is 0 Å². The van der Waals surface area contributed by atoms with E-state index in [0.717, 1.165) is 11.3 Å². The quantitative estimate of drug-likeness (QED) is 0.657. The molecule has 0 atom stereocenters. The first-order valence-corrected chi connectivity index (χ1v) is 3.36. The summed E-state index contributed by atoms with van der Waals surface area (Å²) in [7, 11) is 4.94. The third-order valence-electron chi connectivity index (χ3n) is 1.43. The Kier molecular flexibility index (Phi) is 2.93. The summed E-state index contributed by atoms with van der Waals surface area (Å²) in [5.41, 5.74) is 1.10. The predicted octanol–water partition coefficient (Wildman–Crippen LogP) is 2.00. The summed E-state index contributed by atoms with van der Waals surface area (Å²) in [4.78, 5) is 0. The highest BCUT2D eigenvalue weighted by molar-refractivity contribution is 5.26. The SMILES string of the molecule is [CH2]OCc1ccc(OC)cc1. The molecule has 1 radical (unpaired) electrons. The first kappa shape index (κ1) is 8.08. The molecule has 0 heterocycles. The Morgan fingerprint density at radius 2 is 1.91 bits per heavy atom. The van der Waals surface area contributed by atoms with E-state index in [1.807, 2.05) is 24.3 Å². The van der Waals surface area contributed by atoms with Crippen LogP contribution in [0.5, 0.6) is 5.75 Å². The third kappa shape index (κ3) is 2.24. The fourth-order valence-electron chi connectivity index (χ4n) is 0.840. The van der Waals surface area contributed by atoms with Crippen LogP contribution in [0, 0.1) is 7.11 Å². The maximum absolute atomic E-state index is 4.99. The van der Waals surface area contributed by atoms with Gasteiger partial charge in [0.15, 0.2) is 0 Å². The summed E-state index contributed by atoms with van der Waals surface area (Å²) in [6, 6.07) is 7.69. The zero-order chi connectivity index (χ0) is 8.10. The second-order valence-electron chi connectivity index (χ2n) is 2.20. The van der Waals surface area contributed by atoms with E-state index in [1.54, 1.807) is 7.11 Å². The van der Waals surface area contributed by atoms with Gasteiger partial charge in [-0.1, -0.05) is 12.1 Å². The molecule has 0 unspecified atom stereocenters. The lowest BCUT2D eigenvalue weighted by molar-refractivity contribution is 0.229. The van der Waals surface area contributed by atoms with E-state index in [2.05, 4.69) is 7.11 Å². The van der Waals surface area contributed by atoms with E-state index in [-0.39, 0.29) is 0 Å². The van der Waals surface area contributed by atoms with Crippen molar-refractivity contribution in [2.75, 3.05) is 7.11 Å². The number of ether oxygens (including phenoxy) is 2. The van der Waals surface area contributed by atoms with Gasteiger partial charge in [0, 0.05) is 0 Å². The van der Waals surface area contributed by atoms with E-state index >= 15 is 0 Å². The second-order valence-corrected chi connectivity index (χ2v) is 2.20. The number of hydrogen-bond donors (Lipinski definition) is 0. The number of rotatable bonds is 3. The molecule has 59 valence electrons. The highest BCUT2D eigenvalue weighted by Crippen LogP contribution is 2.11. The van der Waals surface area contributed by atoms with Crippen molar-refractivity contribution in [2.45, 2.75) is 6.61 Å². The molecular formula is C9H11O2. The van der Waals surface area contributed by atoms with Gasteiger partial charge in [0.2, 0.25) is 0 Å². The highest BCUT2D eigenvalue weighted by Gasteiger charge is 1.91. The molecule has 1 aromatic carbocycles. The van der Waals surface area contributed by atoms with Crippen molar-refractivity contribution in [1.82, 2.24) is 0 Å². The molecule has 2 heteroatoms. The molecule has 0 aliphatic rings. The van der Waals surface area contributed by atoms with Gasteiger partial charge in [0.05, 0.1) is 20.8 Å². The molecule has 0 aliphatic heterocycles. The van der Waals surface area contributed by atoms with E-state index in [9.17, 15) is 0 Å². The molecular weight excluding hydrogens is 140 g/mol. The monoisotopic (exact) mass is 151 g/mol. The van der Waals surface area contributed by atoms with Gasteiger partial charge in [-0.25, -0.2) is 0 Å². The molecule has 0 bridgehead atoms. The minimum absolute atomic E-state index is 0.546. The molecule has 0 aliphatic carbocycles. The first-order chi connectivity index (χ1) is 5.36. The predicted molar refractivity (Wildman–Crippen MR) is 43.1 cm³/mol. The Hall–Kier alpha value is -1.02. The molecule has 0 amide bonds. The molecule has 2 nitrogen and oxygen atoms in total. The van der Waals surface area contributed by atoms with Crippen molar-refractivity contribution >= 4 is 0 Å². The number of benzene rings is 1. The normalized spacial score (nSPS) is 9.64. The molecule has 1 rings (SSSR count). The summed E-state index contributed by atoms with van der Waals surface area (Å²) in [6.07, 6.45) is 0. The molecule has 0 saturated carbocycles. The van der Waals surface area contributed by atoms with Crippen LogP contribution in [-0.2, 0) is 11.3 Å². The summed E-state index contributed by atoms with van der Waals surface area (Å²) in [6.45, 7) is 0.546. The summed E-state index contributed by atoms with van der Waals surface area (Å²) < 4.78 is 9.70. The topological polar surface area (TPSA) is 18.5 Å². The van der Waals surface area contributed by atoms with Crippen LogP contribution in [0.3, 0.4) is 0 Å². The van der Waals surface area contributed by atoms with Crippen LogP contribution in [0.15, 0.2) is 24.3 Å². The van der Waals surface area contributed by atoms with E-state index in [4.69, 9.17) is 9.47 Å². The fourth-order valence-corrected chi connectivity index (χ4v) is 0.840. The van der Waals surface area contributed by atoms with Gasteiger partial charge < -0.3 is 9.47 Å². The van der Waals surface area contributed by atoms with E-state index < -0.39 is 0 Å². The largest absolute Gasteiger partial charge is 0.497 e. The van der Waals surface area contributed by atoms with Crippen molar-refractivity contribution < 1.29 is 9.47 Å². The zero-order valence-corrected chi connectivity index (χ0v) is 6.54. The maximum Gasteiger partial charge on any atom is 0.118 e. The smallest absolute Gasteiger partial charge is 0.118 e. The maximum atomic E-state index is 4.99. The van der Waals surface area contributed by atoms with Crippen LogP contribution in [0.25, 0.3) is 0 Å². The average Bonchev–Trinajstić information content (AvgIpc) is 2.07. The second kappa shape index (κ2) is 3.98. The van der Waals surface area contributed by atoms with Crippen LogP contribution in [0.2, 0.25) is 0 Å². The fraction of sp³-hybridized carbons (Fsp3) is 0.222. The molecule has 0 saturated heterocycles. The molecule has 0 spiro atoms. The lowest BCUT2D eigenvalue weighted by atomic mass is 10.2. The minimum Gasteiger partial charge on any atom is -0.497 e. The van der Waals surface area contributed by atoms with Gasteiger partial charge in [-0.15, -0.1) is 0 Å². The third-order valence-corrected chi connectivity index (χ3v) is 1.43. The summed E-state index contributed by atoms with van der Waals surface area (Å²) >= 11 is 0. The zero-order valence-electron chi connectivity index (χ0n) is 6.54. The van der Waals surface area contributed by atoms with Gasteiger partial charge in [-0.05, 0) is 17.7 Å².